The van der Waals surface area contributed by atoms with E-state index in [1.807, 2.05) is 11.8 Å². The number of rotatable bonds is 1. The third kappa shape index (κ3) is 3.06. The minimum Gasteiger partial charge on any atom is -0.336 e. The van der Waals surface area contributed by atoms with E-state index in [-0.39, 0.29) is 16.2 Å². The van der Waals surface area contributed by atoms with Crippen molar-refractivity contribution in [3.8, 4) is 0 Å². The summed E-state index contributed by atoms with van der Waals surface area (Å²) in [4.78, 5) is 14.0. The maximum absolute atomic E-state index is 13.8. The minimum absolute atomic E-state index is 0.0414. The molecule has 2 nitrogen and oxygen atoms in total. The van der Waals surface area contributed by atoms with Crippen LogP contribution in [0.25, 0.3) is 0 Å². The zero-order valence-corrected chi connectivity index (χ0v) is 12.8. The Labute approximate surface area is 119 Å². The summed E-state index contributed by atoms with van der Waals surface area (Å²) in [7, 11) is 0. The van der Waals surface area contributed by atoms with E-state index in [0.29, 0.717) is 17.6 Å². The first-order valence-electron chi connectivity index (χ1n) is 5.77. The summed E-state index contributed by atoms with van der Waals surface area (Å²) in [5, 5.41) is 0. The molecule has 98 valence electrons. The second kappa shape index (κ2) is 5.21. The second-order valence-electron chi connectivity index (χ2n) is 4.96. The summed E-state index contributed by atoms with van der Waals surface area (Å²) >= 11 is 5.04. The Morgan fingerprint density at radius 1 is 1.50 bits per heavy atom. The van der Waals surface area contributed by atoms with Crippen LogP contribution in [-0.2, 0) is 0 Å². The van der Waals surface area contributed by atoms with Crippen molar-refractivity contribution in [3.63, 3.8) is 0 Å². The van der Waals surface area contributed by atoms with E-state index in [9.17, 15) is 9.18 Å². The molecule has 18 heavy (non-hydrogen) atoms. The van der Waals surface area contributed by atoms with Crippen molar-refractivity contribution in [2.75, 3.05) is 18.8 Å². The molecule has 0 spiro atoms. The van der Waals surface area contributed by atoms with Gasteiger partial charge in [0.2, 0.25) is 0 Å². The van der Waals surface area contributed by atoms with Gasteiger partial charge in [0.05, 0.1) is 5.56 Å². The molecule has 1 aromatic rings. The molecule has 0 radical (unpaired) electrons. The fourth-order valence-electron chi connectivity index (χ4n) is 2.02. The molecule has 1 amide bonds. The summed E-state index contributed by atoms with van der Waals surface area (Å²) < 4.78 is 14.5. The van der Waals surface area contributed by atoms with E-state index < -0.39 is 5.82 Å². The number of halogens is 2. The van der Waals surface area contributed by atoms with Crippen LogP contribution in [0.5, 0.6) is 0 Å². The van der Waals surface area contributed by atoms with E-state index in [1.54, 1.807) is 11.0 Å². The van der Waals surface area contributed by atoms with Crippen LogP contribution in [0, 0.1) is 5.82 Å². The molecule has 1 fully saturated rings. The SMILES string of the molecule is CC1(C)CN(C(=O)c2ccc(Br)cc2F)CCS1. The highest BCUT2D eigenvalue weighted by Gasteiger charge is 2.31. The normalized spacial score (nSPS) is 18.8. The Bertz CT molecular complexity index is 478. The fraction of sp³-hybridized carbons (Fsp3) is 0.462. The number of carbonyl (C=O) groups is 1. The molecule has 2 rings (SSSR count). The highest BCUT2D eigenvalue weighted by molar-refractivity contribution is 9.10. The highest BCUT2D eigenvalue weighted by atomic mass is 79.9. The molecule has 1 heterocycles. The van der Waals surface area contributed by atoms with Crippen molar-refractivity contribution in [1.29, 1.82) is 0 Å². The van der Waals surface area contributed by atoms with Gasteiger partial charge in [0.1, 0.15) is 5.82 Å². The maximum Gasteiger partial charge on any atom is 0.256 e. The summed E-state index contributed by atoms with van der Waals surface area (Å²) in [6.45, 7) is 5.55. The van der Waals surface area contributed by atoms with Gasteiger partial charge in [0.25, 0.3) is 5.91 Å². The van der Waals surface area contributed by atoms with Crippen LogP contribution in [0.15, 0.2) is 22.7 Å². The molecule has 1 aliphatic rings. The molecule has 0 aliphatic carbocycles. The van der Waals surface area contributed by atoms with E-state index >= 15 is 0 Å². The predicted molar refractivity (Wildman–Crippen MR) is 76.5 cm³/mol. The molecule has 0 unspecified atom stereocenters. The number of hydrogen-bond acceptors (Lipinski definition) is 2. The first kappa shape index (κ1) is 13.9. The van der Waals surface area contributed by atoms with Crippen molar-refractivity contribution in [2.45, 2.75) is 18.6 Å². The molecule has 0 N–H and O–H groups in total. The van der Waals surface area contributed by atoms with Crippen LogP contribution < -0.4 is 0 Å². The van der Waals surface area contributed by atoms with Gasteiger partial charge in [-0.2, -0.15) is 11.8 Å². The quantitative estimate of drug-likeness (QED) is 0.784. The molecular weight excluding hydrogens is 317 g/mol. The van der Waals surface area contributed by atoms with Crippen LogP contribution in [0.2, 0.25) is 0 Å². The molecule has 0 bridgehead atoms. The van der Waals surface area contributed by atoms with Crippen LogP contribution in [-0.4, -0.2) is 34.4 Å². The standard InChI is InChI=1S/C13H15BrFNOS/c1-13(2)8-16(5-6-18-13)12(17)10-4-3-9(14)7-11(10)15/h3-4,7H,5-6,8H2,1-2H3. The fourth-order valence-corrected chi connectivity index (χ4v) is 3.47. The zero-order valence-electron chi connectivity index (χ0n) is 10.4. The van der Waals surface area contributed by atoms with Gasteiger partial charge in [-0.05, 0) is 32.0 Å². The largest absolute Gasteiger partial charge is 0.336 e. The van der Waals surface area contributed by atoms with Gasteiger partial charge in [-0.1, -0.05) is 15.9 Å². The summed E-state index contributed by atoms with van der Waals surface area (Å²) in [6, 6.07) is 4.56. The summed E-state index contributed by atoms with van der Waals surface area (Å²) in [5.74, 6) is 0.218. The zero-order chi connectivity index (χ0) is 13.3. The summed E-state index contributed by atoms with van der Waals surface area (Å²) in [5.41, 5.74) is 0.154. The smallest absolute Gasteiger partial charge is 0.256 e. The maximum atomic E-state index is 13.8. The monoisotopic (exact) mass is 331 g/mol. The number of benzene rings is 1. The number of hydrogen-bond donors (Lipinski definition) is 0. The van der Waals surface area contributed by atoms with Gasteiger partial charge in [0, 0.05) is 28.1 Å². The molecule has 1 saturated heterocycles. The van der Waals surface area contributed by atoms with Crippen LogP contribution in [0.4, 0.5) is 4.39 Å². The molecule has 1 aliphatic heterocycles. The Kier molecular flexibility index (Phi) is 4.02. The lowest BCUT2D eigenvalue weighted by atomic mass is 10.1. The van der Waals surface area contributed by atoms with Crippen molar-refractivity contribution in [3.05, 3.63) is 34.1 Å². The van der Waals surface area contributed by atoms with Gasteiger partial charge in [0.15, 0.2) is 0 Å². The lowest BCUT2D eigenvalue weighted by Crippen LogP contribution is -2.46. The lowest BCUT2D eigenvalue weighted by molar-refractivity contribution is 0.0743. The van der Waals surface area contributed by atoms with Crippen molar-refractivity contribution in [2.24, 2.45) is 0 Å². The first-order chi connectivity index (χ1) is 8.39. The lowest BCUT2D eigenvalue weighted by Gasteiger charge is -2.37. The third-order valence-corrected chi connectivity index (χ3v) is 4.66. The van der Waals surface area contributed by atoms with Crippen LogP contribution in [0.1, 0.15) is 24.2 Å². The summed E-state index contributed by atoms with van der Waals surface area (Å²) in [6.07, 6.45) is 0. The van der Waals surface area contributed by atoms with Gasteiger partial charge >= 0.3 is 0 Å². The van der Waals surface area contributed by atoms with Crippen molar-refractivity contribution in [1.82, 2.24) is 4.90 Å². The average Bonchev–Trinajstić information content (AvgIpc) is 2.27. The third-order valence-electron chi connectivity index (χ3n) is 2.87. The van der Waals surface area contributed by atoms with Gasteiger partial charge in [-0.15, -0.1) is 0 Å². The molecule has 0 aromatic heterocycles. The van der Waals surface area contributed by atoms with E-state index in [2.05, 4.69) is 29.8 Å². The molecule has 1 aromatic carbocycles. The second-order valence-corrected chi connectivity index (χ2v) is 7.68. The Morgan fingerprint density at radius 2 is 2.22 bits per heavy atom. The molecular formula is C13H15BrFNOS. The topological polar surface area (TPSA) is 20.3 Å². The number of nitrogens with zero attached hydrogens (tertiary/aromatic N) is 1. The number of thioether (sulfide) groups is 1. The Balaban J connectivity index is 2.20. The molecule has 0 saturated carbocycles. The van der Waals surface area contributed by atoms with Crippen molar-refractivity contribution < 1.29 is 9.18 Å². The van der Waals surface area contributed by atoms with Gasteiger partial charge in [-0.25, -0.2) is 4.39 Å². The highest BCUT2D eigenvalue weighted by Crippen LogP contribution is 2.30. The van der Waals surface area contributed by atoms with Crippen LogP contribution >= 0.6 is 27.7 Å². The Morgan fingerprint density at radius 3 is 2.83 bits per heavy atom. The molecule has 5 heteroatoms. The van der Waals surface area contributed by atoms with Gasteiger partial charge in [-0.3, -0.25) is 4.79 Å². The number of amides is 1. The van der Waals surface area contributed by atoms with Gasteiger partial charge < -0.3 is 4.90 Å². The first-order valence-corrected chi connectivity index (χ1v) is 7.55. The van der Waals surface area contributed by atoms with E-state index in [1.165, 1.54) is 12.1 Å². The minimum atomic E-state index is -0.467. The predicted octanol–water partition coefficient (Wildman–Crippen LogP) is 3.56. The average molecular weight is 332 g/mol. The van der Waals surface area contributed by atoms with E-state index in [0.717, 1.165) is 5.75 Å². The van der Waals surface area contributed by atoms with Crippen LogP contribution in [0.3, 0.4) is 0 Å². The van der Waals surface area contributed by atoms with Crippen molar-refractivity contribution >= 4 is 33.6 Å². The van der Waals surface area contributed by atoms with E-state index in [4.69, 9.17) is 0 Å². The number of carbonyl (C=O) groups excluding carboxylic acids is 1. The Hall–Kier alpha value is -0.550. The molecule has 0 atom stereocenters.